The van der Waals surface area contributed by atoms with E-state index < -0.39 is 0 Å². The topological polar surface area (TPSA) is 15.8 Å². The highest BCUT2D eigenvalue weighted by Crippen LogP contribution is 2.17. The lowest BCUT2D eigenvalue weighted by Gasteiger charge is -1.66. The molecule has 2 rings (SSSR count). The van der Waals surface area contributed by atoms with Gasteiger partial charge < -0.3 is 4.98 Å². The van der Waals surface area contributed by atoms with Crippen molar-refractivity contribution in [2.24, 2.45) is 0 Å². The number of hydrogen-bond acceptors (Lipinski definition) is 1. The maximum Gasteiger partial charge on any atom is 0.0563 e. The van der Waals surface area contributed by atoms with Crippen LogP contribution in [0, 0.1) is 0 Å². The van der Waals surface area contributed by atoms with Crippen LogP contribution in [0.1, 0.15) is 1.43 Å². The second-order valence-corrected chi connectivity index (χ2v) is 2.62. The summed E-state index contributed by atoms with van der Waals surface area (Å²) in [7, 11) is 0. The molecular weight excluding hydrogens is 118 g/mol. The third-order valence-corrected chi connectivity index (χ3v) is 2.05. The molecule has 2 heteroatoms. The Morgan fingerprint density at radius 2 is 2.50 bits per heavy atom. The molecule has 0 unspecified atom stereocenters. The standard InChI is InChI=1S/C6H5NS.H2/c1-3-7-5-2-4-8-6(1)5;/h1-4,7H;1H. The van der Waals surface area contributed by atoms with Gasteiger partial charge in [-0.25, -0.2) is 0 Å². The van der Waals surface area contributed by atoms with Crippen LogP contribution in [0.3, 0.4) is 0 Å². The minimum absolute atomic E-state index is 0. The fourth-order valence-corrected chi connectivity index (χ4v) is 1.53. The molecule has 8 heavy (non-hydrogen) atoms. The number of aromatic amines is 1. The first-order valence-electron chi connectivity index (χ1n) is 2.47. The minimum atomic E-state index is 0. The molecule has 0 atom stereocenters. The van der Waals surface area contributed by atoms with Crippen LogP contribution in [-0.4, -0.2) is 4.98 Å². The predicted octanol–water partition coefficient (Wildman–Crippen LogP) is 2.48. The first-order chi connectivity index (χ1) is 3.97. The van der Waals surface area contributed by atoms with Gasteiger partial charge in [-0.15, -0.1) is 11.3 Å². The highest BCUT2D eigenvalue weighted by molar-refractivity contribution is 7.17. The van der Waals surface area contributed by atoms with Gasteiger partial charge in [-0.3, -0.25) is 0 Å². The molecule has 0 saturated heterocycles. The number of H-pyrrole nitrogens is 1. The van der Waals surface area contributed by atoms with Crippen LogP contribution in [0.5, 0.6) is 0 Å². The Balaban J connectivity index is 0.000000405. The van der Waals surface area contributed by atoms with E-state index in [9.17, 15) is 0 Å². The van der Waals surface area contributed by atoms with Crippen LogP contribution in [0.25, 0.3) is 10.2 Å². The van der Waals surface area contributed by atoms with Gasteiger partial charge in [-0.2, -0.15) is 0 Å². The molecule has 0 radical (unpaired) electrons. The molecule has 0 aliphatic rings. The largest absolute Gasteiger partial charge is 0.360 e. The molecule has 0 aliphatic heterocycles. The number of nitrogens with one attached hydrogen (secondary N) is 1. The van der Waals surface area contributed by atoms with Crippen molar-refractivity contribution in [2.45, 2.75) is 0 Å². The molecule has 2 aromatic rings. The summed E-state index contributed by atoms with van der Waals surface area (Å²) in [4.78, 5) is 3.11. The van der Waals surface area contributed by atoms with Crippen LogP contribution in [0.2, 0.25) is 0 Å². The molecule has 0 aliphatic carbocycles. The Bertz CT molecular complexity index is 234. The smallest absolute Gasteiger partial charge is 0.0563 e. The van der Waals surface area contributed by atoms with E-state index in [1.807, 2.05) is 6.20 Å². The first-order valence-corrected chi connectivity index (χ1v) is 3.35. The molecular formula is C6H7NS. The molecule has 0 aromatic carbocycles. The fourth-order valence-electron chi connectivity index (χ4n) is 0.776. The van der Waals surface area contributed by atoms with Crippen molar-refractivity contribution in [1.82, 2.24) is 4.98 Å². The average molecular weight is 125 g/mol. The molecule has 0 fully saturated rings. The summed E-state index contributed by atoms with van der Waals surface area (Å²) in [6, 6.07) is 4.17. The molecule has 0 spiro atoms. The predicted molar refractivity (Wildman–Crippen MR) is 38.3 cm³/mol. The van der Waals surface area contributed by atoms with Crippen molar-refractivity contribution in [3.63, 3.8) is 0 Å². The van der Waals surface area contributed by atoms with E-state index in [-0.39, 0.29) is 1.43 Å². The van der Waals surface area contributed by atoms with E-state index in [0.29, 0.717) is 0 Å². The van der Waals surface area contributed by atoms with Crippen LogP contribution < -0.4 is 0 Å². The highest BCUT2D eigenvalue weighted by Gasteiger charge is 1.89. The summed E-state index contributed by atoms with van der Waals surface area (Å²) >= 11 is 1.76. The van der Waals surface area contributed by atoms with Gasteiger partial charge in [0.1, 0.15) is 0 Å². The molecule has 0 amide bonds. The molecule has 2 aromatic heterocycles. The second kappa shape index (κ2) is 1.36. The van der Waals surface area contributed by atoms with Crippen LogP contribution in [-0.2, 0) is 0 Å². The van der Waals surface area contributed by atoms with Crippen molar-refractivity contribution in [3.05, 3.63) is 23.7 Å². The van der Waals surface area contributed by atoms with E-state index in [2.05, 4.69) is 22.5 Å². The first kappa shape index (κ1) is 4.15. The Kier molecular flexibility index (Phi) is 0.704. The van der Waals surface area contributed by atoms with Gasteiger partial charge in [0, 0.05) is 7.62 Å². The second-order valence-electron chi connectivity index (χ2n) is 1.68. The summed E-state index contributed by atoms with van der Waals surface area (Å²) in [5, 5.41) is 2.08. The Hall–Kier alpha value is -0.760. The number of thiophene rings is 1. The quantitative estimate of drug-likeness (QED) is 0.556. The Morgan fingerprint density at radius 1 is 1.50 bits per heavy atom. The SMILES string of the molecule is [HH].c1cc2sccc2[nH]1. The van der Waals surface area contributed by atoms with Crippen LogP contribution >= 0.6 is 11.3 Å². The normalized spacial score (nSPS) is 10.5. The lowest BCUT2D eigenvalue weighted by atomic mass is 10.5. The third-order valence-electron chi connectivity index (χ3n) is 1.17. The van der Waals surface area contributed by atoms with Crippen molar-refractivity contribution < 1.29 is 1.43 Å². The summed E-state index contributed by atoms with van der Waals surface area (Å²) in [6.45, 7) is 0. The van der Waals surface area contributed by atoms with Crippen molar-refractivity contribution in [1.29, 1.82) is 0 Å². The van der Waals surface area contributed by atoms with Crippen molar-refractivity contribution in [2.75, 3.05) is 0 Å². The summed E-state index contributed by atoms with van der Waals surface area (Å²) < 4.78 is 1.34. The molecule has 1 nitrogen and oxygen atoms in total. The average Bonchev–Trinajstić information content (AvgIpc) is 2.15. The molecule has 2 heterocycles. The van der Waals surface area contributed by atoms with E-state index >= 15 is 0 Å². The van der Waals surface area contributed by atoms with Crippen molar-refractivity contribution in [3.8, 4) is 0 Å². The van der Waals surface area contributed by atoms with Gasteiger partial charge >= 0.3 is 0 Å². The zero-order chi connectivity index (χ0) is 5.40. The van der Waals surface area contributed by atoms with Gasteiger partial charge in [0.15, 0.2) is 0 Å². The van der Waals surface area contributed by atoms with Crippen LogP contribution in [0.4, 0.5) is 0 Å². The molecule has 1 N–H and O–H groups in total. The zero-order valence-corrected chi connectivity index (χ0v) is 5.03. The van der Waals surface area contributed by atoms with Gasteiger partial charge in [-0.05, 0) is 17.5 Å². The number of aromatic nitrogens is 1. The summed E-state index contributed by atoms with van der Waals surface area (Å²) in [5.41, 5.74) is 1.25. The molecule has 0 saturated carbocycles. The maximum atomic E-state index is 3.11. The monoisotopic (exact) mass is 125 g/mol. The highest BCUT2D eigenvalue weighted by atomic mass is 32.1. The molecule has 0 bridgehead atoms. The van der Waals surface area contributed by atoms with Crippen molar-refractivity contribution >= 4 is 21.6 Å². The van der Waals surface area contributed by atoms with E-state index in [4.69, 9.17) is 0 Å². The van der Waals surface area contributed by atoms with Gasteiger partial charge in [-0.1, -0.05) is 0 Å². The van der Waals surface area contributed by atoms with Crippen LogP contribution in [0.15, 0.2) is 23.7 Å². The van der Waals surface area contributed by atoms with Gasteiger partial charge in [0.25, 0.3) is 0 Å². The third kappa shape index (κ3) is 0.406. The maximum absolute atomic E-state index is 3.11. The number of fused-ring (bicyclic) bond motifs is 1. The van der Waals surface area contributed by atoms with E-state index in [1.54, 1.807) is 11.3 Å². The number of rotatable bonds is 0. The Labute approximate surface area is 52.4 Å². The van der Waals surface area contributed by atoms with E-state index in [0.717, 1.165) is 0 Å². The lowest BCUT2D eigenvalue weighted by Crippen LogP contribution is -1.49. The minimum Gasteiger partial charge on any atom is -0.360 e. The van der Waals surface area contributed by atoms with E-state index in [1.165, 1.54) is 10.2 Å². The zero-order valence-electron chi connectivity index (χ0n) is 4.22. The Morgan fingerprint density at radius 3 is 3.38 bits per heavy atom. The van der Waals surface area contributed by atoms with Gasteiger partial charge in [0.2, 0.25) is 0 Å². The van der Waals surface area contributed by atoms with Gasteiger partial charge in [0.05, 0.1) is 10.2 Å². The summed E-state index contributed by atoms with van der Waals surface area (Å²) in [5.74, 6) is 0. The fraction of sp³-hybridized carbons (Fsp3) is 0. The lowest BCUT2D eigenvalue weighted by molar-refractivity contribution is 1.48. The summed E-state index contributed by atoms with van der Waals surface area (Å²) in [6.07, 6.45) is 1.96. The number of hydrogen-bond donors (Lipinski definition) is 1. The molecule has 42 valence electrons.